The number of hydrogen-bond acceptors (Lipinski definition) is 8. The van der Waals surface area contributed by atoms with Crippen LogP contribution in [-0.2, 0) is 14.3 Å². The van der Waals surface area contributed by atoms with Gasteiger partial charge in [-0.2, -0.15) is 0 Å². The molecule has 0 saturated carbocycles. The molecule has 47 heavy (non-hydrogen) atoms. The van der Waals surface area contributed by atoms with Gasteiger partial charge in [-0.3, -0.25) is 14.6 Å². The molecule has 0 aliphatic carbocycles. The Kier molecular flexibility index (Phi) is 8.46. The van der Waals surface area contributed by atoms with Crippen LogP contribution in [0.25, 0.3) is 33.4 Å². The number of ether oxygens (including phenoxy) is 2. The Morgan fingerprint density at radius 3 is 2.17 bits per heavy atom. The van der Waals surface area contributed by atoms with Crippen molar-refractivity contribution in [3.05, 3.63) is 54.5 Å². The van der Waals surface area contributed by atoms with E-state index in [0.29, 0.717) is 42.7 Å². The van der Waals surface area contributed by atoms with Crippen LogP contribution in [-0.4, -0.2) is 73.4 Å². The zero-order valence-corrected chi connectivity index (χ0v) is 27.8. The lowest BCUT2D eigenvalue weighted by atomic mass is 10.0. The van der Waals surface area contributed by atoms with Crippen LogP contribution in [0.1, 0.15) is 79.1 Å². The highest BCUT2D eigenvalue weighted by Gasteiger charge is 2.37. The predicted molar refractivity (Wildman–Crippen MR) is 177 cm³/mol. The van der Waals surface area contributed by atoms with E-state index in [1.54, 1.807) is 31.9 Å². The molecule has 248 valence electrons. The van der Waals surface area contributed by atoms with Crippen LogP contribution in [0, 0.1) is 0 Å². The van der Waals surface area contributed by atoms with Gasteiger partial charge in [0.05, 0.1) is 23.3 Å². The van der Waals surface area contributed by atoms with Crippen molar-refractivity contribution in [3.63, 3.8) is 0 Å². The van der Waals surface area contributed by atoms with Gasteiger partial charge < -0.3 is 24.3 Å². The predicted octanol–water partition coefficient (Wildman–Crippen LogP) is 7.29. The van der Waals surface area contributed by atoms with Crippen molar-refractivity contribution in [2.24, 2.45) is 0 Å². The molecule has 4 aromatic rings. The Bertz CT molecular complexity index is 1780. The van der Waals surface area contributed by atoms with Gasteiger partial charge in [-0.25, -0.2) is 14.6 Å². The number of aromatic nitrogens is 3. The zero-order valence-electron chi connectivity index (χ0n) is 27.8. The number of imidazole rings is 1. The normalized spacial score (nSPS) is 18.5. The van der Waals surface area contributed by atoms with E-state index in [9.17, 15) is 14.4 Å². The number of carbonyl (C=O) groups is 3. The standard InChI is InChI=1S/C35H42N6O6/c1-34(2,3)45-32(43)40-17-7-9-26(40)30-36-20-25(37-30)22-13-11-21(12-14-22)23-15-16-24-28(19-23)47-39-29(24)38-31(42)27-10-8-18-41(27)33(44)46-35(4,5)6/h11-16,19-20,26-27H,7-10,17-18H2,1-6H3,(H,36,37)(H,38,39,42). The van der Waals surface area contributed by atoms with Crippen molar-refractivity contribution >= 4 is 34.9 Å². The second kappa shape index (κ2) is 12.4. The van der Waals surface area contributed by atoms with Gasteiger partial charge in [0, 0.05) is 13.1 Å². The molecular weight excluding hydrogens is 600 g/mol. The Balaban J connectivity index is 1.12. The third-order valence-electron chi connectivity index (χ3n) is 8.22. The molecule has 12 heteroatoms. The summed E-state index contributed by atoms with van der Waals surface area (Å²) in [6, 6.07) is 13.0. The first kappa shape index (κ1) is 32.1. The van der Waals surface area contributed by atoms with Crippen LogP contribution in [0.2, 0.25) is 0 Å². The van der Waals surface area contributed by atoms with E-state index in [1.807, 2.05) is 63.2 Å². The molecule has 6 rings (SSSR count). The molecule has 2 fully saturated rings. The second-order valence-corrected chi connectivity index (χ2v) is 14.2. The molecule has 0 radical (unpaired) electrons. The lowest BCUT2D eigenvalue weighted by Crippen LogP contribution is -2.45. The van der Waals surface area contributed by atoms with Gasteiger partial charge in [0.25, 0.3) is 0 Å². The average molecular weight is 643 g/mol. The highest BCUT2D eigenvalue weighted by molar-refractivity contribution is 6.02. The lowest BCUT2D eigenvalue weighted by molar-refractivity contribution is -0.120. The summed E-state index contributed by atoms with van der Waals surface area (Å²) < 4.78 is 16.7. The van der Waals surface area contributed by atoms with Gasteiger partial charge in [-0.1, -0.05) is 35.5 Å². The van der Waals surface area contributed by atoms with Gasteiger partial charge in [0.1, 0.15) is 23.1 Å². The van der Waals surface area contributed by atoms with E-state index in [-0.39, 0.29) is 18.0 Å². The fraction of sp³-hybridized carbons (Fsp3) is 0.457. The third-order valence-corrected chi connectivity index (χ3v) is 8.22. The van der Waals surface area contributed by atoms with Crippen molar-refractivity contribution in [3.8, 4) is 22.4 Å². The number of nitrogens with one attached hydrogen (secondary N) is 2. The number of H-pyrrole nitrogens is 1. The fourth-order valence-electron chi connectivity index (χ4n) is 6.07. The molecule has 2 aromatic carbocycles. The minimum Gasteiger partial charge on any atom is -0.444 e. The van der Waals surface area contributed by atoms with E-state index < -0.39 is 23.3 Å². The van der Waals surface area contributed by atoms with E-state index in [4.69, 9.17) is 14.0 Å². The number of carbonyl (C=O) groups excluding carboxylic acids is 3. The summed E-state index contributed by atoms with van der Waals surface area (Å²) in [5.74, 6) is 0.734. The molecule has 2 aliphatic heterocycles. The minimum atomic E-state index is -0.647. The quantitative estimate of drug-likeness (QED) is 0.231. The fourth-order valence-corrected chi connectivity index (χ4v) is 6.07. The summed E-state index contributed by atoms with van der Waals surface area (Å²) in [5.41, 5.74) is 3.05. The maximum atomic E-state index is 13.2. The summed E-state index contributed by atoms with van der Waals surface area (Å²) in [6.07, 6.45) is 3.96. The number of aromatic amines is 1. The van der Waals surface area contributed by atoms with Crippen molar-refractivity contribution in [1.29, 1.82) is 0 Å². The summed E-state index contributed by atoms with van der Waals surface area (Å²) in [5, 5.41) is 7.62. The molecule has 2 saturated heterocycles. The molecule has 4 heterocycles. The molecule has 0 bridgehead atoms. The molecule has 3 amide bonds. The van der Waals surface area contributed by atoms with Gasteiger partial charge in [0.15, 0.2) is 11.4 Å². The van der Waals surface area contributed by atoms with Gasteiger partial charge in [0.2, 0.25) is 5.91 Å². The Hall–Kier alpha value is -4.87. The SMILES string of the molecule is CC(C)(C)OC(=O)N1CCCC1C(=O)Nc1noc2cc(-c3ccc(-c4cnc(C5CCCN5C(=O)OC(C)(C)C)[nH]4)cc3)ccc12. The van der Waals surface area contributed by atoms with Crippen LogP contribution < -0.4 is 5.32 Å². The number of fused-ring (bicyclic) bond motifs is 1. The van der Waals surface area contributed by atoms with Gasteiger partial charge >= 0.3 is 12.2 Å². The number of amides is 3. The largest absolute Gasteiger partial charge is 0.444 e. The summed E-state index contributed by atoms with van der Waals surface area (Å²) in [7, 11) is 0. The first-order valence-electron chi connectivity index (χ1n) is 16.1. The number of benzene rings is 2. The number of nitrogens with zero attached hydrogens (tertiary/aromatic N) is 4. The van der Waals surface area contributed by atoms with E-state index >= 15 is 0 Å². The van der Waals surface area contributed by atoms with Crippen molar-refractivity contribution in [2.45, 2.75) is 90.5 Å². The van der Waals surface area contributed by atoms with E-state index in [1.165, 1.54) is 4.90 Å². The molecule has 2 atom stereocenters. The molecule has 12 nitrogen and oxygen atoms in total. The number of likely N-dealkylation sites (tertiary alicyclic amines) is 2. The number of hydrogen-bond donors (Lipinski definition) is 2. The van der Waals surface area contributed by atoms with Crippen LogP contribution in [0.3, 0.4) is 0 Å². The molecular formula is C35H42N6O6. The molecule has 2 aromatic heterocycles. The third kappa shape index (κ3) is 7.11. The maximum absolute atomic E-state index is 13.2. The van der Waals surface area contributed by atoms with Crippen LogP contribution in [0.4, 0.5) is 15.4 Å². The van der Waals surface area contributed by atoms with Crippen LogP contribution in [0.15, 0.2) is 53.2 Å². The van der Waals surface area contributed by atoms with Gasteiger partial charge in [-0.05, 0) is 96.0 Å². The summed E-state index contributed by atoms with van der Waals surface area (Å²) in [4.78, 5) is 49.9. The number of rotatable bonds is 5. The Morgan fingerprint density at radius 2 is 1.47 bits per heavy atom. The van der Waals surface area contributed by atoms with Gasteiger partial charge in [-0.15, -0.1) is 0 Å². The van der Waals surface area contributed by atoms with Crippen molar-refractivity contribution in [2.75, 3.05) is 18.4 Å². The summed E-state index contributed by atoms with van der Waals surface area (Å²) >= 11 is 0. The van der Waals surface area contributed by atoms with Crippen LogP contribution in [0.5, 0.6) is 0 Å². The zero-order chi connectivity index (χ0) is 33.5. The first-order chi connectivity index (χ1) is 22.3. The van der Waals surface area contributed by atoms with E-state index in [0.717, 1.165) is 41.1 Å². The second-order valence-electron chi connectivity index (χ2n) is 14.2. The Morgan fingerprint density at radius 1 is 0.851 bits per heavy atom. The van der Waals surface area contributed by atoms with Crippen molar-refractivity contribution < 1.29 is 28.4 Å². The molecule has 2 N–H and O–H groups in total. The summed E-state index contributed by atoms with van der Waals surface area (Å²) in [6.45, 7) is 12.1. The Labute approximate surface area is 273 Å². The molecule has 0 spiro atoms. The monoisotopic (exact) mass is 642 g/mol. The maximum Gasteiger partial charge on any atom is 0.410 e. The highest BCUT2D eigenvalue weighted by atomic mass is 16.6. The average Bonchev–Trinajstić information content (AvgIpc) is 3.81. The molecule has 2 aliphatic rings. The topological polar surface area (TPSA) is 143 Å². The smallest absolute Gasteiger partial charge is 0.410 e. The number of anilines is 1. The molecule has 2 unspecified atom stereocenters. The minimum absolute atomic E-state index is 0.150. The highest BCUT2D eigenvalue weighted by Crippen LogP contribution is 2.34. The van der Waals surface area contributed by atoms with Crippen LogP contribution >= 0.6 is 0 Å². The first-order valence-corrected chi connectivity index (χ1v) is 16.1. The lowest BCUT2D eigenvalue weighted by Gasteiger charge is -2.27. The van der Waals surface area contributed by atoms with E-state index in [2.05, 4.69) is 20.4 Å². The van der Waals surface area contributed by atoms with Crippen molar-refractivity contribution in [1.82, 2.24) is 24.9 Å².